The first-order valence-electron chi connectivity index (χ1n) is 11.9. The number of aromatic nitrogens is 3. The second kappa shape index (κ2) is 9.59. The highest BCUT2D eigenvalue weighted by atomic mass is 28.4. The molecule has 10 heteroatoms. The lowest BCUT2D eigenvalue weighted by atomic mass is 9.91. The average molecular weight is 509 g/mol. The van der Waals surface area contributed by atoms with Crippen LogP contribution in [0, 0.1) is 12.7 Å². The highest BCUT2D eigenvalue weighted by Crippen LogP contribution is 2.38. The maximum atomic E-state index is 14.4. The minimum absolute atomic E-state index is 0.00766. The zero-order valence-corrected chi connectivity index (χ0v) is 22.8. The zero-order chi connectivity index (χ0) is 26.3. The number of ether oxygens (including phenoxy) is 1. The fourth-order valence-corrected chi connectivity index (χ4v) is 4.52. The van der Waals surface area contributed by atoms with E-state index in [1.54, 1.807) is 19.2 Å². The normalized spacial score (nSPS) is 15.8. The molecule has 2 aromatic heterocycles. The molecule has 0 bridgehead atoms. The summed E-state index contributed by atoms with van der Waals surface area (Å²) in [5, 5.41) is -0.00766. The van der Waals surface area contributed by atoms with E-state index in [2.05, 4.69) is 54.3 Å². The van der Waals surface area contributed by atoms with Crippen molar-refractivity contribution < 1.29 is 13.7 Å². The number of aryl methyl sites for hydroxylation is 1. The molecule has 4 rings (SSSR count). The van der Waals surface area contributed by atoms with E-state index in [9.17, 15) is 4.39 Å². The molecule has 3 N–H and O–H groups in total. The third-order valence-corrected chi connectivity index (χ3v) is 11.1. The van der Waals surface area contributed by atoms with Gasteiger partial charge in [0.05, 0.1) is 35.8 Å². The summed E-state index contributed by atoms with van der Waals surface area (Å²) < 4.78 is 26.0. The van der Waals surface area contributed by atoms with Crippen molar-refractivity contribution in [1.29, 1.82) is 0 Å². The fraction of sp³-hybridized carbons (Fsp3) is 0.385. The topological polar surface area (TPSA) is 108 Å². The van der Waals surface area contributed by atoms with Gasteiger partial charge >= 0.3 is 0 Å². The summed E-state index contributed by atoms with van der Waals surface area (Å²) in [6.45, 7) is 12.7. The van der Waals surface area contributed by atoms with Crippen molar-refractivity contribution in [3.05, 3.63) is 64.7 Å². The predicted molar refractivity (Wildman–Crippen MR) is 142 cm³/mol. The van der Waals surface area contributed by atoms with Crippen molar-refractivity contribution >= 4 is 20.1 Å². The lowest BCUT2D eigenvalue weighted by molar-refractivity contribution is 0.234. The predicted octanol–water partition coefficient (Wildman–Crippen LogP) is 5.15. The van der Waals surface area contributed by atoms with E-state index in [-0.39, 0.29) is 22.8 Å². The number of nitrogens with zero attached hydrogens (tertiary/aromatic N) is 4. The molecule has 1 unspecified atom stereocenters. The summed E-state index contributed by atoms with van der Waals surface area (Å²) in [5.74, 6) is 0.824. The number of hydroxylamine groups is 1. The summed E-state index contributed by atoms with van der Waals surface area (Å²) in [6, 6.07) is 9.68. The van der Waals surface area contributed by atoms with E-state index in [0.717, 1.165) is 22.5 Å². The van der Waals surface area contributed by atoms with Gasteiger partial charge in [-0.25, -0.2) is 19.3 Å². The van der Waals surface area contributed by atoms with Crippen molar-refractivity contribution in [3.63, 3.8) is 0 Å². The van der Waals surface area contributed by atoms with Gasteiger partial charge in [-0.1, -0.05) is 32.9 Å². The highest BCUT2D eigenvalue weighted by Gasteiger charge is 2.39. The van der Waals surface area contributed by atoms with Crippen LogP contribution in [0.5, 0.6) is 5.88 Å². The van der Waals surface area contributed by atoms with Gasteiger partial charge in [0.15, 0.2) is 5.84 Å². The molecule has 1 aliphatic heterocycles. The van der Waals surface area contributed by atoms with E-state index in [4.69, 9.17) is 20.0 Å². The number of hydrogen-bond acceptors (Lipinski definition) is 8. The molecule has 0 saturated carbocycles. The largest absolute Gasteiger partial charge is 0.481 e. The molecule has 1 aliphatic rings. The lowest BCUT2D eigenvalue weighted by Gasteiger charge is -2.36. The summed E-state index contributed by atoms with van der Waals surface area (Å²) in [7, 11) is -0.603. The van der Waals surface area contributed by atoms with Gasteiger partial charge in [-0.2, -0.15) is 0 Å². The van der Waals surface area contributed by atoms with Gasteiger partial charge < -0.3 is 15.0 Å². The Bertz CT molecular complexity index is 1320. The Balaban J connectivity index is 1.82. The Morgan fingerprint density at radius 3 is 2.56 bits per heavy atom. The Morgan fingerprint density at radius 1 is 1.11 bits per heavy atom. The van der Waals surface area contributed by atoms with Crippen molar-refractivity contribution in [2.24, 2.45) is 4.99 Å². The number of nitrogen functional groups attached to an aromatic ring is 1. The standard InChI is InChI=1S/C26H33FN6O2Si/c1-15-23-21(32-25(28)29-15)14-20(31-24(23)33-35-36(6,7)26(2,3)4)17-12-11-16(27)13-18(17)19-9-8-10-22(30-19)34-5/h8-13,20H,14H2,1-7H3,(H,31,33)(H2,28,29,32). The monoisotopic (exact) mass is 508 g/mol. The number of nitrogens with two attached hydrogens (primary N) is 1. The summed E-state index contributed by atoms with van der Waals surface area (Å²) >= 11 is 0. The molecule has 190 valence electrons. The van der Waals surface area contributed by atoms with Crippen LogP contribution in [0.25, 0.3) is 11.3 Å². The lowest BCUT2D eigenvalue weighted by Crippen LogP contribution is -2.47. The summed E-state index contributed by atoms with van der Waals surface area (Å²) in [6.07, 6.45) is 0.469. The number of amidine groups is 1. The van der Waals surface area contributed by atoms with Crippen LogP contribution in [0.15, 0.2) is 41.4 Å². The first-order valence-corrected chi connectivity index (χ1v) is 14.8. The molecule has 8 nitrogen and oxygen atoms in total. The number of hydrogen-bond donors (Lipinski definition) is 2. The van der Waals surface area contributed by atoms with Crippen LogP contribution < -0.4 is 16.0 Å². The summed E-state index contributed by atoms with van der Waals surface area (Å²) in [4.78, 5) is 18.4. The van der Waals surface area contributed by atoms with Crippen molar-refractivity contribution in [3.8, 4) is 17.1 Å². The number of benzene rings is 1. The van der Waals surface area contributed by atoms with Gasteiger partial charge in [0.25, 0.3) is 0 Å². The summed E-state index contributed by atoms with van der Waals surface area (Å²) in [5.41, 5.74) is 13.5. The molecule has 0 spiro atoms. The number of halogens is 1. The quantitative estimate of drug-likeness (QED) is 0.363. The molecule has 0 aliphatic carbocycles. The molecule has 3 aromatic rings. The van der Waals surface area contributed by atoms with E-state index in [1.807, 2.05) is 19.1 Å². The third-order valence-electron chi connectivity index (χ3n) is 6.88. The van der Waals surface area contributed by atoms with Crippen LogP contribution in [-0.2, 0) is 10.9 Å². The number of nitrogens with one attached hydrogen (secondary N) is 1. The molecule has 1 atom stereocenters. The molecule has 3 heterocycles. The van der Waals surface area contributed by atoms with Gasteiger partial charge in [-0.15, -0.1) is 0 Å². The Labute approximate surface area is 212 Å². The highest BCUT2D eigenvalue weighted by molar-refractivity contribution is 6.74. The van der Waals surface area contributed by atoms with Gasteiger partial charge in [-0.05, 0) is 48.8 Å². The minimum atomic E-state index is -2.15. The SMILES string of the molecule is COc1cccc(-c2cc(F)ccc2C2Cc3nc(N)nc(C)c3C(NO[Si](C)(C)C(C)(C)C)=N2)n1. The van der Waals surface area contributed by atoms with E-state index < -0.39 is 8.32 Å². The number of anilines is 1. The van der Waals surface area contributed by atoms with Crippen molar-refractivity contribution in [2.75, 3.05) is 12.8 Å². The molecule has 0 amide bonds. The van der Waals surface area contributed by atoms with Gasteiger partial charge in [0.2, 0.25) is 20.1 Å². The second-order valence-corrected chi connectivity index (χ2v) is 15.2. The van der Waals surface area contributed by atoms with Crippen molar-refractivity contribution in [2.45, 2.75) is 58.3 Å². The van der Waals surface area contributed by atoms with Crippen LogP contribution in [-0.4, -0.2) is 36.2 Å². The number of methoxy groups -OCH3 is 1. The maximum Gasteiger partial charge on any atom is 0.228 e. The molecule has 0 fully saturated rings. The average Bonchev–Trinajstić information content (AvgIpc) is 2.81. The van der Waals surface area contributed by atoms with Crippen LogP contribution in [0.1, 0.15) is 49.3 Å². The van der Waals surface area contributed by atoms with Gasteiger partial charge in [0, 0.05) is 18.1 Å². The van der Waals surface area contributed by atoms with Crippen LogP contribution >= 0.6 is 0 Å². The molecular formula is C26H33FN6O2Si. The van der Waals surface area contributed by atoms with E-state index in [0.29, 0.717) is 29.4 Å². The number of rotatable bonds is 5. The minimum Gasteiger partial charge on any atom is -0.481 e. The second-order valence-electron chi connectivity index (χ2n) is 10.4. The van der Waals surface area contributed by atoms with E-state index in [1.165, 1.54) is 12.1 Å². The van der Waals surface area contributed by atoms with Gasteiger partial charge in [0.1, 0.15) is 5.82 Å². The number of pyridine rings is 1. The molecule has 36 heavy (non-hydrogen) atoms. The molecule has 0 saturated heterocycles. The van der Waals surface area contributed by atoms with Crippen LogP contribution in [0.4, 0.5) is 10.3 Å². The maximum absolute atomic E-state index is 14.4. The fourth-order valence-electron chi connectivity index (χ4n) is 3.87. The Kier molecular flexibility index (Phi) is 6.85. The van der Waals surface area contributed by atoms with Crippen LogP contribution in [0.2, 0.25) is 18.1 Å². The zero-order valence-electron chi connectivity index (χ0n) is 21.8. The van der Waals surface area contributed by atoms with E-state index >= 15 is 0 Å². The molecular weight excluding hydrogens is 475 g/mol. The molecule has 0 radical (unpaired) electrons. The Hall–Kier alpha value is -3.37. The first-order chi connectivity index (χ1) is 16.9. The Morgan fingerprint density at radius 2 is 1.86 bits per heavy atom. The molecule has 1 aromatic carbocycles. The van der Waals surface area contributed by atoms with Crippen molar-refractivity contribution in [1.82, 2.24) is 20.4 Å². The van der Waals surface area contributed by atoms with Crippen LogP contribution in [0.3, 0.4) is 0 Å². The third kappa shape index (κ3) is 5.10. The first kappa shape index (κ1) is 25.7. The number of fused-ring (bicyclic) bond motifs is 1. The number of aliphatic imine (C=N–C) groups is 1. The van der Waals surface area contributed by atoms with Gasteiger partial charge in [-0.3, -0.25) is 10.5 Å². The smallest absolute Gasteiger partial charge is 0.228 e.